The second-order valence-corrected chi connectivity index (χ2v) is 11.3. The largest absolute Gasteiger partial charge is 0.358 e. The first kappa shape index (κ1) is 25.5. The minimum atomic E-state index is -4.33. The van der Waals surface area contributed by atoms with Gasteiger partial charge in [-0.2, -0.15) is 0 Å². The first-order valence-electron chi connectivity index (χ1n) is 11.4. The number of hydrogen-bond acceptors (Lipinski definition) is 6. The van der Waals surface area contributed by atoms with Crippen molar-refractivity contribution in [3.63, 3.8) is 0 Å². The number of nitrogens with zero attached hydrogens (tertiary/aromatic N) is 2. The van der Waals surface area contributed by atoms with Crippen LogP contribution in [-0.2, 0) is 22.8 Å². The van der Waals surface area contributed by atoms with Crippen molar-refractivity contribution < 1.29 is 17.6 Å². The maximum Gasteiger partial charge on any atom is 0.257 e. The molecule has 0 saturated carbocycles. The van der Waals surface area contributed by atoms with Gasteiger partial charge in [0.05, 0.1) is 15.8 Å². The molecule has 0 aliphatic carbocycles. The summed E-state index contributed by atoms with van der Waals surface area (Å²) < 4.78 is 42.8. The Balaban J connectivity index is 1.52. The topological polar surface area (TPSA) is 121 Å². The standard InChI is InChI=1S/C27H20ClFN4O4S/c28-19-6-4-17(5-7-19)15-32-26(35)22-16-31-24-21(25(22)34)11-20(12-23(24)29)38(36,37)27(8-2-10-33-27)13-18-3-1-9-30-14-18/h1-12,14,16H,13,15H2,(H,31,34)(H,32,35). The Morgan fingerprint density at radius 1 is 1.13 bits per heavy atom. The van der Waals surface area contributed by atoms with Crippen molar-refractivity contribution in [2.45, 2.75) is 22.7 Å². The molecule has 1 amide bonds. The fourth-order valence-corrected chi connectivity index (χ4v) is 6.11. The van der Waals surface area contributed by atoms with E-state index in [4.69, 9.17) is 11.6 Å². The van der Waals surface area contributed by atoms with E-state index in [2.05, 4.69) is 20.3 Å². The highest BCUT2D eigenvalue weighted by molar-refractivity contribution is 7.93. The van der Waals surface area contributed by atoms with Crippen molar-refractivity contribution in [1.29, 1.82) is 0 Å². The Morgan fingerprint density at radius 2 is 1.92 bits per heavy atom. The Bertz CT molecular complexity index is 1760. The van der Waals surface area contributed by atoms with Crippen LogP contribution in [-0.4, -0.2) is 35.4 Å². The van der Waals surface area contributed by atoms with Gasteiger partial charge in [0.15, 0.2) is 4.87 Å². The van der Waals surface area contributed by atoms with Crippen LogP contribution in [0.4, 0.5) is 4.39 Å². The number of hydrogen-bond donors (Lipinski definition) is 2. The lowest BCUT2D eigenvalue weighted by atomic mass is 10.1. The van der Waals surface area contributed by atoms with Gasteiger partial charge in [-0.1, -0.05) is 29.8 Å². The van der Waals surface area contributed by atoms with Gasteiger partial charge in [-0.25, -0.2) is 12.8 Å². The highest BCUT2D eigenvalue weighted by Crippen LogP contribution is 2.35. The van der Waals surface area contributed by atoms with Crippen LogP contribution in [0.5, 0.6) is 0 Å². The monoisotopic (exact) mass is 550 g/mol. The quantitative estimate of drug-likeness (QED) is 0.360. The number of rotatable bonds is 7. The van der Waals surface area contributed by atoms with E-state index in [9.17, 15) is 18.0 Å². The molecular weight excluding hydrogens is 531 g/mol. The molecule has 0 saturated heterocycles. The summed E-state index contributed by atoms with van der Waals surface area (Å²) in [6, 6.07) is 12.1. The summed E-state index contributed by atoms with van der Waals surface area (Å²) in [7, 11) is -4.33. The predicted molar refractivity (Wildman–Crippen MR) is 143 cm³/mol. The number of pyridine rings is 2. The number of aromatic amines is 1. The fraction of sp³-hybridized carbons (Fsp3) is 0.111. The second-order valence-electron chi connectivity index (χ2n) is 8.69. The number of amides is 1. The summed E-state index contributed by atoms with van der Waals surface area (Å²) in [5.41, 5.74) is 0.0522. The minimum Gasteiger partial charge on any atom is -0.358 e. The van der Waals surface area contributed by atoms with Crippen LogP contribution in [0.2, 0.25) is 5.02 Å². The van der Waals surface area contributed by atoms with Gasteiger partial charge >= 0.3 is 0 Å². The molecule has 8 nitrogen and oxygen atoms in total. The highest BCUT2D eigenvalue weighted by atomic mass is 35.5. The molecule has 0 radical (unpaired) electrons. The molecular formula is C27H20ClFN4O4S. The number of sulfone groups is 1. The summed E-state index contributed by atoms with van der Waals surface area (Å²) in [5, 5.41) is 2.90. The summed E-state index contributed by atoms with van der Waals surface area (Å²) in [6.45, 7) is 0.122. The third-order valence-electron chi connectivity index (χ3n) is 6.22. The van der Waals surface area contributed by atoms with Gasteiger partial charge in [0.2, 0.25) is 15.3 Å². The number of fused-ring (bicyclic) bond motifs is 1. The lowest BCUT2D eigenvalue weighted by molar-refractivity contribution is 0.0949. The van der Waals surface area contributed by atoms with Crippen LogP contribution in [0.25, 0.3) is 10.9 Å². The normalized spacial score (nSPS) is 16.7. The van der Waals surface area contributed by atoms with Crippen LogP contribution < -0.4 is 10.7 Å². The van der Waals surface area contributed by atoms with Crippen molar-refractivity contribution in [1.82, 2.24) is 15.3 Å². The molecule has 11 heteroatoms. The molecule has 0 bridgehead atoms. The average molecular weight is 551 g/mol. The Labute approximate surface area is 221 Å². The number of halogens is 2. The number of aromatic nitrogens is 2. The zero-order chi connectivity index (χ0) is 26.9. The molecule has 0 spiro atoms. The van der Waals surface area contributed by atoms with E-state index in [0.29, 0.717) is 10.6 Å². The van der Waals surface area contributed by atoms with Crippen LogP contribution in [0, 0.1) is 5.82 Å². The molecule has 1 unspecified atom stereocenters. The van der Waals surface area contributed by atoms with Crippen molar-refractivity contribution in [2.24, 2.45) is 4.99 Å². The molecule has 2 N–H and O–H groups in total. The van der Waals surface area contributed by atoms with E-state index in [-0.39, 0.29) is 29.4 Å². The van der Waals surface area contributed by atoms with E-state index in [1.165, 1.54) is 24.6 Å². The Kier molecular flexibility index (Phi) is 6.68. The minimum absolute atomic E-state index is 0.0423. The van der Waals surface area contributed by atoms with E-state index in [1.807, 2.05) is 0 Å². The third-order valence-corrected chi connectivity index (χ3v) is 8.64. The molecule has 192 valence electrons. The van der Waals surface area contributed by atoms with Gasteiger partial charge in [0.1, 0.15) is 11.4 Å². The summed E-state index contributed by atoms with van der Waals surface area (Å²) in [4.78, 5) is 34.7. The van der Waals surface area contributed by atoms with Crippen LogP contribution >= 0.6 is 11.6 Å². The highest BCUT2D eigenvalue weighted by Gasteiger charge is 2.44. The summed E-state index contributed by atoms with van der Waals surface area (Å²) in [6.07, 6.45) is 8.43. The number of aliphatic imine (C=N–C) groups is 1. The zero-order valence-electron chi connectivity index (χ0n) is 19.7. The number of H-pyrrole nitrogens is 1. The van der Waals surface area contributed by atoms with Gasteiger partial charge in [0.25, 0.3) is 5.91 Å². The molecule has 5 rings (SSSR count). The summed E-state index contributed by atoms with van der Waals surface area (Å²) in [5.74, 6) is -1.65. The Morgan fingerprint density at radius 3 is 2.61 bits per heavy atom. The number of nitrogens with one attached hydrogen (secondary N) is 2. The van der Waals surface area contributed by atoms with E-state index >= 15 is 4.39 Å². The van der Waals surface area contributed by atoms with Crippen molar-refractivity contribution in [2.75, 3.05) is 0 Å². The van der Waals surface area contributed by atoms with Crippen molar-refractivity contribution in [3.8, 4) is 0 Å². The van der Waals surface area contributed by atoms with E-state index < -0.39 is 36.8 Å². The first-order valence-corrected chi connectivity index (χ1v) is 13.3. The van der Waals surface area contributed by atoms with Crippen LogP contribution in [0.3, 0.4) is 0 Å². The lowest BCUT2D eigenvalue weighted by Gasteiger charge is -2.25. The molecule has 3 heterocycles. The lowest BCUT2D eigenvalue weighted by Crippen LogP contribution is -2.36. The second kappa shape index (κ2) is 9.96. The molecule has 1 atom stereocenters. The van der Waals surface area contributed by atoms with Gasteiger partial charge < -0.3 is 10.3 Å². The maximum atomic E-state index is 15.1. The molecule has 0 fully saturated rings. The SMILES string of the molecule is O=C(NCc1ccc(Cl)cc1)c1c[nH]c2c(F)cc(S(=O)(=O)C3(Cc4cccnc4)C=CC=N3)cc2c1=O. The Hall–Kier alpha value is -4.15. The van der Waals surface area contributed by atoms with Gasteiger partial charge in [-0.3, -0.25) is 19.6 Å². The number of carbonyl (C=O) groups excluding carboxylic acids is 1. The van der Waals surface area contributed by atoms with Gasteiger partial charge in [-0.05, 0) is 53.6 Å². The summed E-state index contributed by atoms with van der Waals surface area (Å²) >= 11 is 5.87. The molecule has 2 aromatic carbocycles. The van der Waals surface area contributed by atoms with Crippen molar-refractivity contribution in [3.05, 3.63) is 117 Å². The van der Waals surface area contributed by atoms with E-state index in [0.717, 1.165) is 23.9 Å². The number of carbonyl (C=O) groups is 1. The molecule has 1 aliphatic rings. The van der Waals surface area contributed by atoms with E-state index in [1.54, 1.807) is 42.6 Å². The molecule has 38 heavy (non-hydrogen) atoms. The first-order chi connectivity index (χ1) is 18.2. The molecule has 1 aliphatic heterocycles. The van der Waals surface area contributed by atoms with Gasteiger partial charge in [-0.15, -0.1) is 0 Å². The maximum absolute atomic E-state index is 15.1. The van der Waals surface area contributed by atoms with Crippen LogP contribution in [0.1, 0.15) is 21.5 Å². The molecule has 2 aromatic heterocycles. The zero-order valence-corrected chi connectivity index (χ0v) is 21.3. The average Bonchev–Trinajstić information content (AvgIpc) is 3.39. The predicted octanol–water partition coefficient (Wildman–Crippen LogP) is 4.00. The van der Waals surface area contributed by atoms with Crippen molar-refractivity contribution >= 4 is 44.5 Å². The number of benzene rings is 2. The van der Waals surface area contributed by atoms with Crippen LogP contribution in [0.15, 0.2) is 94.0 Å². The smallest absolute Gasteiger partial charge is 0.257 e. The fourth-order valence-electron chi connectivity index (χ4n) is 4.23. The van der Waals surface area contributed by atoms with Gasteiger partial charge in [0, 0.05) is 42.8 Å². The molecule has 4 aromatic rings. The number of allylic oxidation sites excluding steroid dienone is 1. The third kappa shape index (κ3) is 4.64.